The van der Waals surface area contributed by atoms with Crippen molar-refractivity contribution in [1.82, 2.24) is 4.98 Å². The molecule has 1 aliphatic rings. The molecular formula is C22H25F3N4O4S. The maximum atomic E-state index is 14.6. The summed E-state index contributed by atoms with van der Waals surface area (Å²) in [5, 5.41) is 10.3. The lowest BCUT2D eigenvalue weighted by Gasteiger charge is -2.40. The summed E-state index contributed by atoms with van der Waals surface area (Å²) in [5.41, 5.74) is 6.09. The minimum absolute atomic E-state index is 0.0449. The highest BCUT2D eigenvalue weighted by molar-refractivity contribution is 7.93. The van der Waals surface area contributed by atoms with Crippen LogP contribution in [0.1, 0.15) is 53.7 Å². The molecule has 1 heterocycles. The molecule has 0 radical (unpaired) electrons. The molecule has 1 fully saturated rings. The number of carbonyl (C=O) groups is 1. The number of nitrogens with zero attached hydrogens (tertiary/aromatic N) is 1. The smallest absolute Gasteiger partial charge is 0.387 e. The van der Waals surface area contributed by atoms with Crippen molar-refractivity contribution in [2.75, 3.05) is 11.1 Å². The molecule has 1 aromatic heterocycles. The highest BCUT2D eigenvalue weighted by Crippen LogP contribution is 2.41. The third kappa shape index (κ3) is 5.01. The predicted molar refractivity (Wildman–Crippen MR) is 121 cm³/mol. The van der Waals surface area contributed by atoms with Crippen LogP contribution in [0.15, 0.2) is 30.5 Å². The van der Waals surface area contributed by atoms with Gasteiger partial charge in [0, 0.05) is 5.69 Å². The van der Waals surface area contributed by atoms with Gasteiger partial charge in [-0.3, -0.25) is 10.2 Å². The number of amides is 1. The Morgan fingerprint density at radius 1 is 1.32 bits per heavy atom. The van der Waals surface area contributed by atoms with Gasteiger partial charge in [-0.25, -0.2) is 17.8 Å². The van der Waals surface area contributed by atoms with Crippen molar-refractivity contribution in [3.8, 4) is 5.75 Å². The minimum atomic E-state index is -3.82. The Hall–Kier alpha value is -3.15. The monoisotopic (exact) mass is 498 g/mol. The van der Waals surface area contributed by atoms with Gasteiger partial charge in [-0.15, -0.1) is 0 Å². The van der Waals surface area contributed by atoms with Crippen LogP contribution in [0.2, 0.25) is 0 Å². The third-order valence-electron chi connectivity index (χ3n) is 6.00. The fraction of sp³-hybridized carbons (Fsp3) is 0.409. The number of benzene rings is 1. The van der Waals surface area contributed by atoms with Gasteiger partial charge in [0.25, 0.3) is 5.91 Å². The number of aromatic nitrogens is 1. The van der Waals surface area contributed by atoms with E-state index in [2.05, 4.69) is 15.0 Å². The van der Waals surface area contributed by atoms with E-state index in [1.165, 1.54) is 25.1 Å². The second-order valence-corrected chi connectivity index (χ2v) is 10.7. The van der Waals surface area contributed by atoms with E-state index < -0.39 is 50.4 Å². The molecule has 1 atom stereocenters. The van der Waals surface area contributed by atoms with E-state index in [4.69, 9.17) is 11.1 Å². The summed E-state index contributed by atoms with van der Waals surface area (Å²) in [5.74, 6) is -3.09. The van der Waals surface area contributed by atoms with Gasteiger partial charge in [0.15, 0.2) is 9.84 Å². The van der Waals surface area contributed by atoms with Crippen LogP contribution in [0.5, 0.6) is 5.75 Å². The molecule has 184 valence electrons. The lowest BCUT2D eigenvalue weighted by Crippen LogP contribution is -2.56. The molecule has 3 rings (SSSR count). The number of hydrogen-bond acceptors (Lipinski definition) is 6. The van der Waals surface area contributed by atoms with Crippen molar-refractivity contribution in [3.63, 3.8) is 0 Å². The number of pyridine rings is 1. The first-order valence-corrected chi connectivity index (χ1v) is 12.1. The van der Waals surface area contributed by atoms with E-state index in [1.807, 2.05) is 0 Å². The van der Waals surface area contributed by atoms with E-state index in [-0.39, 0.29) is 41.1 Å². The minimum Gasteiger partial charge on any atom is -0.433 e. The normalized spacial score (nSPS) is 15.9. The average Bonchev–Trinajstić information content (AvgIpc) is 2.66. The SMILES string of the molecule is Cc1cc(OC(F)F)cnc1C(=O)Nc1ccc(F)c(C(C)CS(=O)(=O)C2(C(=N)N)CCC2)c1. The first-order valence-electron chi connectivity index (χ1n) is 10.5. The Bertz CT molecular complexity index is 1220. The van der Waals surface area contributed by atoms with E-state index in [0.717, 1.165) is 12.3 Å². The predicted octanol–water partition coefficient (Wildman–Crippen LogP) is 3.76. The Labute approximate surface area is 195 Å². The maximum absolute atomic E-state index is 14.6. The fourth-order valence-corrected chi connectivity index (χ4v) is 6.37. The number of rotatable bonds is 9. The molecule has 1 amide bonds. The number of ether oxygens (including phenoxy) is 1. The first-order chi connectivity index (χ1) is 15.9. The summed E-state index contributed by atoms with van der Waals surface area (Å²) in [6.07, 6.45) is 2.17. The standard InChI is InChI=1S/C22H25F3N4O4S/c1-12-8-15(33-21(24)25)10-28-18(12)19(30)29-14-4-5-17(23)16(9-14)13(2)11-34(31,32)22(20(26)27)6-3-7-22/h4-5,8-10,13,21H,3,6-7,11H2,1-2H3,(H3,26,27)(H,29,30). The Kier molecular flexibility index (Phi) is 7.20. The average molecular weight is 499 g/mol. The van der Waals surface area contributed by atoms with Gasteiger partial charge >= 0.3 is 6.61 Å². The number of nitrogens with two attached hydrogens (primary N) is 1. The second kappa shape index (κ2) is 9.61. The zero-order valence-electron chi connectivity index (χ0n) is 18.6. The number of halogens is 3. The van der Waals surface area contributed by atoms with Crippen LogP contribution in [0.3, 0.4) is 0 Å². The van der Waals surface area contributed by atoms with Crippen LogP contribution in [-0.4, -0.2) is 42.3 Å². The largest absolute Gasteiger partial charge is 0.433 e. The number of hydrogen-bond donors (Lipinski definition) is 3. The molecule has 1 aliphatic carbocycles. The molecule has 2 aromatic rings. The van der Waals surface area contributed by atoms with Crippen molar-refractivity contribution in [3.05, 3.63) is 53.1 Å². The summed E-state index contributed by atoms with van der Waals surface area (Å²) < 4.78 is 68.1. The number of nitrogens with one attached hydrogen (secondary N) is 2. The van der Waals surface area contributed by atoms with Gasteiger partial charge in [-0.05, 0) is 67.5 Å². The molecule has 12 heteroatoms. The van der Waals surface area contributed by atoms with Gasteiger partial charge < -0.3 is 15.8 Å². The van der Waals surface area contributed by atoms with Gasteiger partial charge in [-0.2, -0.15) is 8.78 Å². The molecular weight excluding hydrogens is 473 g/mol. The first kappa shape index (κ1) is 25.5. The molecule has 0 spiro atoms. The van der Waals surface area contributed by atoms with Gasteiger partial charge in [0.2, 0.25) is 0 Å². The molecule has 1 unspecified atom stereocenters. The molecule has 1 saturated carbocycles. The van der Waals surface area contributed by atoms with Crippen molar-refractivity contribution in [2.24, 2.45) is 5.73 Å². The van der Waals surface area contributed by atoms with Crippen LogP contribution in [0, 0.1) is 18.2 Å². The molecule has 0 aliphatic heterocycles. The van der Waals surface area contributed by atoms with Crippen LogP contribution >= 0.6 is 0 Å². The molecule has 1 aromatic carbocycles. The summed E-state index contributed by atoms with van der Waals surface area (Å²) in [6.45, 7) is 0.00901. The Morgan fingerprint density at radius 2 is 2.00 bits per heavy atom. The molecule has 8 nitrogen and oxygen atoms in total. The number of alkyl halides is 2. The zero-order chi connectivity index (χ0) is 25.3. The lowest BCUT2D eigenvalue weighted by atomic mass is 9.83. The quantitative estimate of drug-likeness (QED) is 0.356. The van der Waals surface area contributed by atoms with Crippen molar-refractivity contribution in [1.29, 1.82) is 5.41 Å². The van der Waals surface area contributed by atoms with Crippen LogP contribution in [-0.2, 0) is 9.84 Å². The third-order valence-corrected chi connectivity index (χ3v) is 8.75. The van der Waals surface area contributed by atoms with E-state index in [1.54, 1.807) is 6.92 Å². The van der Waals surface area contributed by atoms with Crippen LogP contribution < -0.4 is 15.8 Å². The Balaban J connectivity index is 1.78. The zero-order valence-corrected chi connectivity index (χ0v) is 19.4. The van der Waals surface area contributed by atoms with E-state index in [0.29, 0.717) is 6.42 Å². The van der Waals surface area contributed by atoms with Crippen molar-refractivity contribution < 1.29 is 31.1 Å². The van der Waals surface area contributed by atoms with Gasteiger partial charge in [0.1, 0.15) is 27.8 Å². The fourth-order valence-electron chi connectivity index (χ4n) is 3.97. The Morgan fingerprint density at radius 3 is 2.53 bits per heavy atom. The lowest BCUT2D eigenvalue weighted by molar-refractivity contribution is -0.0501. The number of carbonyl (C=O) groups excluding carboxylic acids is 1. The summed E-state index contributed by atoms with van der Waals surface area (Å²) >= 11 is 0. The molecule has 34 heavy (non-hydrogen) atoms. The summed E-state index contributed by atoms with van der Waals surface area (Å²) in [4.78, 5) is 16.5. The van der Waals surface area contributed by atoms with Crippen LogP contribution in [0.4, 0.5) is 18.9 Å². The number of anilines is 1. The number of aryl methyl sites for hydroxylation is 1. The van der Waals surface area contributed by atoms with Gasteiger partial charge in [-0.1, -0.05) is 6.92 Å². The highest BCUT2D eigenvalue weighted by Gasteiger charge is 2.51. The summed E-state index contributed by atoms with van der Waals surface area (Å²) in [6, 6.07) is 4.99. The number of amidine groups is 1. The molecule has 4 N–H and O–H groups in total. The van der Waals surface area contributed by atoms with Crippen molar-refractivity contribution in [2.45, 2.75) is 50.4 Å². The van der Waals surface area contributed by atoms with Gasteiger partial charge in [0.05, 0.1) is 11.9 Å². The summed E-state index contributed by atoms with van der Waals surface area (Å²) in [7, 11) is -3.82. The highest BCUT2D eigenvalue weighted by atomic mass is 32.2. The molecule has 0 saturated heterocycles. The number of sulfone groups is 1. The van der Waals surface area contributed by atoms with Crippen molar-refractivity contribution >= 4 is 27.3 Å². The van der Waals surface area contributed by atoms with E-state index >= 15 is 0 Å². The topological polar surface area (TPSA) is 135 Å². The van der Waals surface area contributed by atoms with Crippen LogP contribution in [0.25, 0.3) is 0 Å². The van der Waals surface area contributed by atoms with E-state index in [9.17, 15) is 26.4 Å². The molecule has 0 bridgehead atoms. The second-order valence-electron chi connectivity index (χ2n) is 8.35. The maximum Gasteiger partial charge on any atom is 0.387 e.